The number of carbonyl (C=O) groups excluding carboxylic acids is 2. The van der Waals surface area contributed by atoms with Crippen molar-refractivity contribution in [2.45, 2.75) is 6.92 Å². The van der Waals surface area contributed by atoms with Crippen LogP contribution in [-0.4, -0.2) is 53.8 Å². The van der Waals surface area contributed by atoms with E-state index in [1.807, 2.05) is 35.2 Å². The van der Waals surface area contributed by atoms with Gasteiger partial charge in [-0.1, -0.05) is 30.3 Å². The monoisotopic (exact) mass is 334 g/mol. The highest BCUT2D eigenvalue weighted by molar-refractivity contribution is 6.12. The molecule has 1 aromatic rings. The third-order valence-corrected chi connectivity index (χ3v) is 3.82. The van der Waals surface area contributed by atoms with Gasteiger partial charge in [0.2, 0.25) is 11.9 Å². The van der Waals surface area contributed by atoms with Gasteiger partial charge in [-0.25, -0.2) is 0 Å². The molecule has 2 heterocycles. The number of hydrogen-bond donors (Lipinski definition) is 1. The number of piperazine rings is 1. The molecule has 0 radical (unpaired) electrons. The molecule has 1 aromatic carbocycles. The Morgan fingerprint density at radius 3 is 2.43 bits per heavy atom. The molecule has 1 saturated heterocycles. The zero-order valence-electron chi connectivity index (χ0n) is 12.9. The van der Waals surface area contributed by atoms with Gasteiger partial charge in [-0.15, -0.1) is 12.4 Å². The average Bonchev–Trinajstić information content (AvgIpc) is 2.89. The average molecular weight is 335 g/mol. The minimum atomic E-state index is -0.257. The molecule has 0 saturated carbocycles. The maximum Gasteiger partial charge on any atom is 0.296 e. The molecule has 3 rings (SSSR count). The molecule has 1 N–H and O–H groups in total. The highest BCUT2D eigenvalue weighted by Crippen LogP contribution is 2.12. The third-order valence-electron chi connectivity index (χ3n) is 3.82. The highest BCUT2D eigenvalue weighted by Gasteiger charge is 2.27. The predicted octanol–water partition coefficient (Wildman–Crippen LogP) is 1.10. The van der Waals surface area contributed by atoms with E-state index >= 15 is 0 Å². The molecule has 0 atom stereocenters. The maximum atomic E-state index is 12.0. The maximum absolute atomic E-state index is 12.0. The van der Waals surface area contributed by atoms with Crippen LogP contribution in [0.25, 0.3) is 6.08 Å². The highest BCUT2D eigenvalue weighted by atomic mass is 35.5. The normalized spacial score (nSPS) is 19.3. The van der Waals surface area contributed by atoms with Crippen LogP contribution >= 0.6 is 12.4 Å². The van der Waals surface area contributed by atoms with E-state index in [1.165, 1.54) is 0 Å². The first kappa shape index (κ1) is 17.0. The van der Waals surface area contributed by atoms with Crippen LogP contribution in [0.5, 0.6) is 0 Å². The molecule has 7 heteroatoms. The molecule has 23 heavy (non-hydrogen) atoms. The zero-order valence-corrected chi connectivity index (χ0v) is 13.7. The van der Waals surface area contributed by atoms with Gasteiger partial charge in [0.25, 0.3) is 5.91 Å². The van der Waals surface area contributed by atoms with Crippen molar-refractivity contribution < 1.29 is 9.59 Å². The summed E-state index contributed by atoms with van der Waals surface area (Å²) in [5.74, 6) is 0.407. The fraction of sp³-hybridized carbons (Fsp3) is 0.312. The molecule has 0 bridgehead atoms. The Bertz CT molecular complexity index is 649. The number of nitrogens with one attached hydrogen (secondary N) is 1. The molecule has 0 aliphatic carbocycles. The van der Waals surface area contributed by atoms with Crippen molar-refractivity contribution in [3.63, 3.8) is 0 Å². The Kier molecular flexibility index (Phi) is 5.39. The lowest BCUT2D eigenvalue weighted by molar-refractivity contribution is -0.130. The quantitative estimate of drug-likeness (QED) is 0.781. The molecule has 2 aliphatic rings. The van der Waals surface area contributed by atoms with E-state index in [4.69, 9.17) is 0 Å². The Hall–Kier alpha value is -2.34. The van der Waals surface area contributed by atoms with Crippen LogP contribution < -0.4 is 5.32 Å². The van der Waals surface area contributed by atoms with Gasteiger partial charge in [0.15, 0.2) is 0 Å². The van der Waals surface area contributed by atoms with E-state index in [1.54, 1.807) is 17.9 Å². The summed E-state index contributed by atoms with van der Waals surface area (Å²) in [5, 5.41) is 3.09. The van der Waals surface area contributed by atoms with Crippen molar-refractivity contribution >= 4 is 36.3 Å². The third kappa shape index (κ3) is 3.90. The first-order valence-electron chi connectivity index (χ1n) is 7.31. The molecule has 0 spiro atoms. The lowest BCUT2D eigenvalue weighted by Crippen LogP contribution is -2.52. The summed E-state index contributed by atoms with van der Waals surface area (Å²) in [4.78, 5) is 31.2. The van der Waals surface area contributed by atoms with E-state index in [2.05, 4.69) is 10.3 Å². The summed E-state index contributed by atoms with van der Waals surface area (Å²) in [6, 6.07) is 9.66. The van der Waals surface area contributed by atoms with Gasteiger partial charge in [-0.2, -0.15) is 4.99 Å². The van der Waals surface area contributed by atoms with Crippen molar-refractivity contribution in [2.75, 3.05) is 26.2 Å². The summed E-state index contributed by atoms with van der Waals surface area (Å²) in [6.45, 7) is 4.24. The Morgan fingerprint density at radius 2 is 1.83 bits per heavy atom. The number of amides is 2. The van der Waals surface area contributed by atoms with Crippen molar-refractivity contribution in [3.8, 4) is 0 Å². The van der Waals surface area contributed by atoms with E-state index < -0.39 is 0 Å². The van der Waals surface area contributed by atoms with Gasteiger partial charge < -0.3 is 15.1 Å². The van der Waals surface area contributed by atoms with Crippen LogP contribution in [0.3, 0.4) is 0 Å². The summed E-state index contributed by atoms with van der Waals surface area (Å²) in [6.07, 6.45) is 1.80. The topological polar surface area (TPSA) is 65.0 Å². The molecule has 0 aromatic heterocycles. The second-order valence-corrected chi connectivity index (χ2v) is 5.33. The van der Waals surface area contributed by atoms with Gasteiger partial charge in [0.05, 0.1) is 0 Å². The Balaban J connectivity index is 0.00000192. The van der Waals surface area contributed by atoms with Crippen LogP contribution in [0.15, 0.2) is 41.0 Å². The second-order valence-electron chi connectivity index (χ2n) is 5.33. The second kappa shape index (κ2) is 7.28. The lowest BCUT2D eigenvalue weighted by atomic mass is 10.2. The van der Waals surface area contributed by atoms with Crippen molar-refractivity contribution in [2.24, 2.45) is 4.99 Å². The minimum absolute atomic E-state index is 0. The summed E-state index contributed by atoms with van der Waals surface area (Å²) >= 11 is 0. The van der Waals surface area contributed by atoms with E-state index in [9.17, 15) is 9.59 Å². The fourth-order valence-electron chi connectivity index (χ4n) is 2.55. The number of guanidine groups is 1. The number of rotatable bonds is 1. The number of carbonyl (C=O) groups is 2. The van der Waals surface area contributed by atoms with Crippen molar-refractivity contribution in [1.29, 1.82) is 0 Å². The molecule has 2 amide bonds. The van der Waals surface area contributed by atoms with Gasteiger partial charge in [0.1, 0.15) is 5.70 Å². The number of nitrogens with zero attached hydrogens (tertiary/aromatic N) is 3. The molecule has 2 aliphatic heterocycles. The van der Waals surface area contributed by atoms with Crippen LogP contribution in [0.4, 0.5) is 0 Å². The fourth-order valence-corrected chi connectivity index (χ4v) is 2.55. The molecule has 122 valence electrons. The van der Waals surface area contributed by atoms with Crippen LogP contribution in [-0.2, 0) is 9.59 Å². The van der Waals surface area contributed by atoms with Crippen LogP contribution in [0, 0.1) is 0 Å². The summed E-state index contributed by atoms with van der Waals surface area (Å²) in [7, 11) is 0. The first-order chi connectivity index (χ1) is 10.6. The smallest absolute Gasteiger partial charge is 0.296 e. The van der Waals surface area contributed by atoms with Gasteiger partial charge >= 0.3 is 0 Å². The van der Waals surface area contributed by atoms with E-state index in [-0.39, 0.29) is 24.2 Å². The Labute approximate surface area is 141 Å². The largest absolute Gasteiger partial charge is 0.339 e. The SMILES string of the molecule is CC(=O)N1CCN(C2=NC(=O)/C(=C/c3ccccc3)N2)CC1.Cl. The molecule has 1 fully saturated rings. The molecular formula is C16H19ClN4O2. The number of halogens is 1. The number of aliphatic imine (C=N–C) groups is 1. The summed E-state index contributed by atoms with van der Waals surface area (Å²) < 4.78 is 0. The molecule has 6 nitrogen and oxygen atoms in total. The first-order valence-corrected chi connectivity index (χ1v) is 7.31. The van der Waals surface area contributed by atoms with Crippen LogP contribution in [0.1, 0.15) is 12.5 Å². The molecule has 0 unspecified atom stereocenters. The van der Waals surface area contributed by atoms with Crippen molar-refractivity contribution in [1.82, 2.24) is 15.1 Å². The predicted molar refractivity (Wildman–Crippen MR) is 91.1 cm³/mol. The van der Waals surface area contributed by atoms with Crippen molar-refractivity contribution in [3.05, 3.63) is 41.6 Å². The zero-order chi connectivity index (χ0) is 15.5. The van der Waals surface area contributed by atoms with Gasteiger partial charge in [-0.05, 0) is 11.6 Å². The lowest BCUT2D eigenvalue weighted by Gasteiger charge is -2.34. The summed E-state index contributed by atoms with van der Waals surface area (Å²) in [5.41, 5.74) is 1.44. The number of benzene rings is 1. The van der Waals surface area contributed by atoms with E-state index in [0.717, 1.165) is 5.56 Å². The minimum Gasteiger partial charge on any atom is -0.339 e. The molecular weight excluding hydrogens is 316 g/mol. The van der Waals surface area contributed by atoms with Gasteiger partial charge in [-0.3, -0.25) is 9.59 Å². The van der Waals surface area contributed by atoms with Crippen LogP contribution in [0.2, 0.25) is 0 Å². The van der Waals surface area contributed by atoms with E-state index in [0.29, 0.717) is 37.8 Å². The van der Waals surface area contributed by atoms with Gasteiger partial charge in [0, 0.05) is 33.1 Å². The Morgan fingerprint density at radius 1 is 1.17 bits per heavy atom. The standard InChI is InChI=1S/C16H18N4O2.ClH/c1-12(21)19-7-9-20(10-8-19)16-17-14(15(22)18-16)11-13-5-3-2-4-6-13;/h2-6,11H,7-10H2,1H3,(H,17,18,22);1H/b14-11-;. The number of hydrogen-bond acceptors (Lipinski definition) is 4.